The lowest BCUT2D eigenvalue weighted by Crippen LogP contribution is -2.48. The van der Waals surface area contributed by atoms with Gasteiger partial charge in [-0.05, 0) is 35.1 Å². The second-order valence-corrected chi connectivity index (χ2v) is 6.99. The summed E-state index contributed by atoms with van der Waals surface area (Å²) in [4.78, 5) is 23.8. The quantitative estimate of drug-likeness (QED) is 0.914. The molecule has 1 atom stereocenters. The molecule has 0 bridgehead atoms. The average molecular weight is 309 g/mol. The van der Waals surface area contributed by atoms with Crippen molar-refractivity contribution in [3.63, 3.8) is 0 Å². The first-order valence-electron chi connectivity index (χ1n) is 6.41. The van der Waals surface area contributed by atoms with Crippen molar-refractivity contribution >= 4 is 33.3 Å². The van der Waals surface area contributed by atoms with Gasteiger partial charge in [-0.1, -0.05) is 20.8 Å². The van der Waals surface area contributed by atoms with Crippen LogP contribution in [0.1, 0.15) is 30.4 Å². The molecular weight excluding hydrogens is 293 g/mol. The summed E-state index contributed by atoms with van der Waals surface area (Å²) in [6.07, 6.45) is 0. The molecule has 0 radical (unpaired) electrons. The van der Waals surface area contributed by atoms with E-state index in [0.29, 0.717) is 10.3 Å². The van der Waals surface area contributed by atoms with Crippen molar-refractivity contribution in [2.45, 2.75) is 26.8 Å². The maximum Gasteiger partial charge on any atom is 0.326 e. The van der Waals surface area contributed by atoms with Gasteiger partial charge in [-0.3, -0.25) is 4.79 Å². The minimum Gasteiger partial charge on any atom is -0.480 e. The number of rotatable bonds is 3. The topological polar surface area (TPSA) is 66.4 Å². The normalized spacial score (nSPS) is 13.1. The van der Waals surface area contributed by atoms with Gasteiger partial charge in [-0.2, -0.15) is 0 Å². The number of hydrogen-bond donors (Lipinski definition) is 2. The molecule has 1 unspecified atom stereocenters. The number of amides is 1. The Morgan fingerprint density at radius 1 is 1.29 bits per heavy atom. The van der Waals surface area contributed by atoms with Crippen LogP contribution in [0.15, 0.2) is 24.3 Å². The van der Waals surface area contributed by atoms with Crippen LogP contribution in [0.2, 0.25) is 0 Å². The van der Waals surface area contributed by atoms with Gasteiger partial charge in [-0.15, -0.1) is 11.3 Å². The lowest BCUT2D eigenvalue weighted by molar-refractivity contribution is -0.142. The predicted molar refractivity (Wildman–Crippen MR) is 80.1 cm³/mol. The van der Waals surface area contributed by atoms with E-state index in [1.54, 1.807) is 32.9 Å². The second kappa shape index (κ2) is 5.44. The summed E-state index contributed by atoms with van der Waals surface area (Å²) in [5.41, 5.74) is -0.607. The van der Waals surface area contributed by atoms with Gasteiger partial charge in [0.1, 0.15) is 11.9 Å². The lowest BCUT2D eigenvalue weighted by Gasteiger charge is -2.27. The SMILES string of the molecule is CC(C)(C)C(NC(=O)c1cc2cc(F)ccc2s1)C(=O)O. The highest BCUT2D eigenvalue weighted by Gasteiger charge is 2.33. The van der Waals surface area contributed by atoms with E-state index in [1.165, 1.54) is 23.5 Å². The van der Waals surface area contributed by atoms with Crippen molar-refractivity contribution in [2.24, 2.45) is 5.41 Å². The molecule has 0 aliphatic rings. The smallest absolute Gasteiger partial charge is 0.326 e. The van der Waals surface area contributed by atoms with Gasteiger partial charge in [-0.25, -0.2) is 9.18 Å². The fourth-order valence-electron chi connectivity index (χ4n) is 1.98. The first-order chi connectivity index (χ1) is 9.68. The zero-order valence-corrected chi connectivity index (χ0v) is 12.8. The highest BCUT2D eigenvalue weighted by Crippen LogP contribution is 2.27. The van der Waals surface area contributed by atoms with E-state index in [9.17, 15) is 19.1 Å². The third kappa shape index (κ3) is 3.39. The molecule has 112 valence electrons. The molecule has 1 aromatic heterocycles. The molecule has 1 heterocycles. The minimum atomic E-state index is -1.08. The van der Waals surface area contributed by atoms with Gasteiger partial charge in [0.25, 0.3) is 5.91 Å². The van der Waals surface area contributed by atoms with E-state index in [4.69, 9.17) is 0 Å². The molecule has 2 aromatic rings. The highest BCUT2D eigenvalue weighted by molar-refractivity contribution is 7.20. The monoisotopic (exact) mass is 309 g/mol. The molecule has 1 aromatic carbocycles. The van der Waals surface area contributed by atoms with Crippen LogP contribution >= 0.6 is 11.3 Å². The number of fused-ring (bicyclic) bond motifs is 1. The van der Waals surface area contributed by atoms with Crippen molar-refractivity contribution in [2.75, 3.05) is 0 Å². The van der Waals surface area contributed by atoms with E-state index in [2.05, 4.69) is 5.32 Å². The number of carbonyl (C=O) groups is 2. The van der Waals surface area contributed by atoms with E-state index < -0.39 is 23.3 Å². The first-order valence-corrected chi connectivity index (χ1v) is 7.23. The van der Waals surface area contributed by atoms with Crippen LogP contribution in [0, 0.1) is 11.2 Å². The van der Waals surface area contributed by atoms with Crippen LogP contribution in [0.25, 0.3) is 10.1 Å². The van der Waals surface area contributed by atoms with Crippen molar-refractivity contribution in [3.8, 4) is 0 Å². The van der Waals surface area contributed by atoms with Crippen molar-refractivity contribution in [1.82, 2.24) is 5.32 Å². The average Bonchev–Trinajstić information content (AvgIpc) is 2.76. The molecule has 0 spiro atoms. The molecule has 0 fully saturated rings. The van der Waals surface area contributed by atoms with Gasteiger partial charge < -0.3 is 10.4 Å². The van der Waals surface area contributed by atoms with Gasteiger partial charge in [0, 0.05) is 4.70 Å². The third-order valence-electron chi connectivity index (χ3n) is 3.09. The number of carbonyl (C=O) groups excluding carboxylic acids is 1. The summed E-state index contributed by atoms with van der Waals surface area (Å²) in [6.45, 7) is 5.23. The van der Waals surface area contributed by atoms with E-state index in [0.717, 1.165) is 4.70 Å². The lowest BCUT2D eigenvalue weighted by atomic mass is 9.87. The predicted octanol–water partition coefficient (Wildman–Crippen LogP) is 3.27. The molecule has 21 heavy (non-hydrogen) atoms. The van der Waals surface area contributed by atoms with Crippen LogP contribution in [-0.4, -0.2) is 23.0 Å². The Morgan fingerprint density at radius 3 is 2.52 bits per heavy atom. The molecule has 0 saturated carbocycles. The maximum atomic E-state index is 13.1. The molecule has 4 nitrogen and oxygen atoms in total. The molecule has 0 aliphatic heterocycles. The summed E-state index contributed by atoms with van der Waals surface area (Å²) in [7, 11) is 0. The van der Waals surface area contributed by atoms with Crippen molar-refractivity contribution in [1.29, 1.82) is 0 Å². The summed E-state index contributed by atoms with van der Waals surface area (Å²) in [6, 6.07) is 4.85. The Kier molecular flexibility index (Phi) is 4.00. The summed E-state index contributed by atoms with van der Waals surface area (Å²) in [5, 5.41) is 12.4. The van der Waals surface area contributed by atoms with E-state index in [-0.39, 0.29) is 5.82 Å². The second-order valence-electron chi connectivity index (χ2n) is 5.90. The number of hydrogen-bond acceptors (Lipinski definition) is 3. The molecule has 6 heteroatoms. The van der Waals surface area contributed by atoms with Crippen molar-refractivity contribution in [3.05, 3.63) is 35.0 Å². The van der Waals surface area contributed by atoms with Gasteiger partial charge >= 0.3 is 5.97 Å². The number of carboxylic acids is 1. The largest absolute Gasteiger partial charge is 0.480 e. The molecule has 2 rings (SSSR count). The molecule has 0 aliphatic carbocycles. The number of halogens is 1. The fraction of sp³-hybridized carbons (Fsp3) is 0.333. The van der Waals surface area contributed by atoms with Gasteiger partial charge in [0.2, 0.25) is 0 Å². The number of thiophene rings is 1. The maximum absolute atomic E-state index is 13.1. The number of benzene rings is 1. The molecule has 1 amide bonds. The molecular formula is C15H16FNO3S. The summed E-state index contributed by atoms with van der Waals surface area (Å²) >= 11 is 1.21. The Labute approximate surface area is 125 Å². The third-order valence-corrected chi connectivity index (χ3v) is 4.21. The number of carboxylic acid groups (broad SMARTS) is 1. The summed E-state index contributed by atoms with van der Waals surface area (Å²) in [5.74, 6) is -1.91. The zero-order chi connectivity index (χ0) is 15.8. The van der Waals surface area contributed by atoms with Gasteiger partial charge in [0.15, 0.2) is 0 Å². The Balaban J connectivity index is 2.27. The Hall–Kier alpha value is -1.95. The van der Waals surface area contributed by atoms with Gasteiger partial charge in [0.05, 0.1) is 4.88 Å². The van der Waals surface area contributed by atoms with Crippen LogP contribution in [-0.2, 0) is 4.79 Å². The summed E-state index contributed by atoms with van der Waals surface area (Å²) < 4.78 is 13.9. The number of nitrogens with one attached hydrogen (secondary N) is 1. The highest BCUT2D eigenvalue weighted by atomic mass is 32.1. The van der Waals surface area contributed by atoms with Crippen LogP contribution < -0.4 is 5.32 Å². The molecule has 2 N–H and O–H groups in total. The fourth-order valence-corrected chi connectivity index (χ4v) is 2.92. The Morgan fingerprint density at radius 2 is 1.95 bits per heavy atom. The van der Waals surface area contributed by atoms with Crippen molar-refractivity contribution < 1.29 is 19.1 Å². The standard InChI is InChI=1S/C15H16FNO3S/c1-15(2,3)12(14(19)20)17-13(18)11-7-8-6-9(16)4-5-10(8)21-11/h4-7,12H,1-3H3,(H,17,18)(H,19,20). The zero-order valence-electron chi connectivity index (χ0n) is 11.9. The first kappa shape index (κ1) is 15.4. The van der Waals surface area contributed by atoms with E-state index >= 15 is 0 Å². The van der Waals surface area contributed by atoms with E-state index in [1.807, 2.05) is 0 Å². The number of aliphatic carboxylic acids is 1. The van der Waals surface area contributed by atoms with Crippen LogP contribution in [0.5, 0.6) is 0 Å². The minimum absolute atomic E-state index is 0.367. The van der Waals surface area contributed by atoms with Crippen LogP contribution in [0.3, 0.4) is 0 Å². The molecule has 0 saturated heterocycles. The van der Waals surface area contributed by atoms with Crippen LogP contribution in [0.4, 0.5) is 4.39 Å². The Bertz CT molecular complexity index is 702.